The van der Waals surface area contributed by atoms with Crippen molar-refractivity contribution in [3.8, 4) is 16.9 Å². The second-order valence-corrected chi connectivity index (χ2v) is 5.94. The van der Waals surface area contributed by atoms with E-state index in [1.165, 1.54) is 18.5 Å². The van der Waals surface area contributed by atoms with Gasteiger partial charge in [-0.1, -0.05) is 6.92 Å². The zero-order chi connectivity index (χ0) is 17.6. The van der Waals surface area contributed by atoms with Crippen molar-refractivity contribution in [2.45, 2.75) is 26.2 Å². The summed E-state index contributed by atoms with van der Waals surface area (Å²) in [6.45, 7) is 2.05. The Labute approximate surface area is 143 Å². The van der Waals surface area contributed by atoms with Crippen LogP contribution in [0.1, 0.15) is 40.9 Å². The van der Waals surface area contributed by atoms with Crippen LogP contribution in [0, 0.1) is 5.82 Å². The number of carbonyl (C=O) groups is 1. The van der Waals surface area contributed by atoms with Crippen molar-refractivity contribution in [3.05, 3.63) is 59.3 Å². The lowest BCUT2D eigenvalue weighted by Crippen LogP contribution is -2.09. The molecule has 0 unspecified atom stereocenters. The average Bonchev–Trinajstić information content (AvgIpc) is 2.91. The highest BCUT2D eigenvalue weighted by Gasteiger charge is 2.27. The number of nitrogens with zero attached hydrogens (tertiary/aromatic N) is 4. The normalized spacial score (nSPS) is 12.1. The van der Waals surface area contributed by atoms with Gasteiger partial charge in [0.2, 0.25) is 0 Å². The molecular formula is C18H15FN4O2. The van der Waals surface area contributed by atoms with Gasteiger partial charge in [0, 0.05) is 35.9 Å². The zero-order valence-electron chi connectivity index (χ0n) is 13.5. The van der Waals surface area contributed by atoms with Gasteiger partial charge in [-0.25, -0.2) is 24.1 Å². The van der Waals surface area contributed by atoms with Crippen LogP contribution in [0.25, 0.3) is 16.9 Å². The van der Waals surface area contributed by atoms with E-state index in [1.54, 1.807) is 12.3 Å². The lowest BCUT2D eigenvalue weighted by atomic mass is 10.0. The van der Waals surface area contributed by atoms with Crippen LogP contribution in [0.15, 0.2) is 30.7 Å². The van der Waals surface area contributed by atoms with Crippen LogP contribution in [-0.2, 0) is 12.8 Å². The van der Waals surface area contributed by atoms with Gasteiger partial charge in [0.25, 0.3) is 0 Å². The molecule has 7 heteroatoms. The van der Waals surface area contributed by atoms with E-state index in [0.29, 0.717) is 28.9 Å². The number of halogens is 1. The molecule has 0 spiro atoms. The highest BCUT2D eigenvalue weighted by Crippen LogP contribution is 2.36. The number of hydrogen-bond donors (Lipinski definition) is 1. The molecule has 0 saturated heterocycles. The highest BCUT2D eigenvalue weighted by atomic mass is 19.1. The first-order chi connectivity index (χ1) is 12.1. The van der Waals surface area contributed by atoms with E-state index in [-0.39, 0.29) is 11.5 Å². The van der Waals surface area contributed by atoms with Gasteiger partial charge < -0.3 is 5.11 Å². The van der Waals surface area contributed by atoms with E-state index in [2.05, 4.69) is 15.0 Å². The Morgan fingerprint density at radius 3 is 2.92 bits per heavy atom. The number of rotatable bonds is 3. The van der Waals surface area contributed by atoms with E-state index in [4.69, 9.17) is 0 Å². The van der Waals surface area contributed by atoms with Crippen LogP contribution < -0.4 is 0 Å². The van der Waals surface area contributed by atoms with Gasteiger partial charge in [0.1, 0.15) is 18.0 Å². The Morgan fingerprint density at radius 1 is 1.32 bits per heavy atom. The summed E-state index contributed by atoms with van der Waals surface area (Å²) in [6, 6.07) is 4.43. The Morgan fingerprint density at radius 2 is 2.16 bits per heavy atom. The first-order valence-corrected chi connectivity index (χ1v) is 8.03. The number of aromatic nitrogens is 4. The number of carboxylic acids is 1. The van der Waals surface area contributed by atoms with Gasteiger partial charge in [-0.3, -0.25) is 4.57 Å². The summed E-state index contributed by atoms with van der Waals surface area (Å²) in [5, 5.41) is 9.49. The molecule has 1 aromatic carbocycles. The molecule has 0 saturated carbocycles. The number of fused-ring (bicyclic) bond motifs is 5. The largest absolute Gasteiger partial charge is 0.476 e. The minimum atomic E-state index is -1.11. The Kier molecular flexibility index (Phi) is 3.56. The predicted octanol–water partition coefficient (Wildman–Crippen LogP) is 3.02. The first-order valence-electron chi connectivity index (χ1n) is 8.03. The number of aryl methyl sites for hydroxylation is 1. The Hall–Kier alpha value is -3.09. The fourth-order valence-corrected chi connectivity index (χ4v) is 3.32. The summed E-state index contributed by atoms with van der Waals surface area (Å²) >= 11 is 0. The Balaban J connectivity index is 2.08. The van der Waals surface area contributed by atoms with Crippen molar-refractivity contribution < 1.29 is 14.3 Å². The topological polar surface area (TPSA) is 80.9 Å². The maximum Gasteiger partial charge on any atom is 0.354 e. The Bertz CT molecular complexity index is 997. The molecular weight excluding hydrogens is 323 g/mol. The van der Waals surface area contributed by atoms with E-state index < -0.39 is 5.97 Å². The lowest BCUT2D eigenvalue weighted by molar-refractivity contribution is 0.0689. The second-order valence-electron chi connectivity index (χ2n) is 5.94. The molecule has 1 aliphatic rings. The van der Waals surface area contributed by atoms with Gasteiger partial charge >= 0.3 is 5.97 Å². The van der Waals surface area contributed by atoms with Crippen LogP contribution >= 0.6 is 0 Å². The minimum absolute atomic E-state index is 0.0352. The van der Waals surface area contributed by atoms with Crippen molar-refractivity contribution in [1.82, 2.24) is 19.5 Å². The maximum atomic E-state index is 14.0. The predicted molar refractivity (Wildman–Crippen MR) is 88.3 cm³/mol. The third-order valence-electron chi connectivity index (χ3n) is 4.34. The quantitative estimate of drug-likeness (QED) is 0.621. The molecule has 0 amide bonds. The molecule has 3 aromatic rings. The van der Waals surface area contributed by atoms with E-state index in [0.717, 1.165) is 24.4 Å². The number of carboxylic acid groups (broad SMARTS) is 1. The standard InChI is InChI=1S/C18H15FN4O2/c1-2-3-15-20-8-11-7-13-16(21-9-22-17(13)18(24)25)12-5-4-10(19)6-14(12)23(11)15/h4-6,8-9H,2-3,7H2,1H3,(H,24,25). The third-order valence-corrected chi connectivity index (χ3v) is 4.34. The summed E-state index contributed by atoms with van der Waals surface area (Å²) < 4.78 is 15.9. The number of hydrogen-bond acceptors (Lipinski definition) is 4. The summed E-state index contributed by atoms with van der Waals surface area (Å²) in [4.78, 5) is 24.3. The molecule has 1 aliphatic heterocycles. The molecule has 126 valence electrons. The molecule has 1 N–H and O–H groups in total. The lowest BCUT2D eigenvalue weighted by Gasteiger charge is -2.13. The summed E-state index contributed by atoms with van der Waals surface area (Å²) in [7, 11) is 0. The van der Waals surface area contributed by atoms with E-state index in [9.17, 15) is 14.3 Å². The minimum Gasteiger partial charge on any atom is -0.476 e. The van der Waals surface area contributed by atoms with E-state index in [1.807, 2.05) is 11.5 Å². The van der Waals surface area contributed by atoms with Gasteiger partial charge in [0.05, 0.1) is 11.4 Å². The third kappa shape index (κ3) is 2.39. The van der Waals surface area contributed by atoms with Gasteiger partial charge in [0.15, 0.2) is 5.69 Å². The average molecular weight is 338 g/mol. The summed E-state index contributed by atoms with van der Waals surface area (Å²) in [6.07, 6.45) is 4.91. The number of imidazole rings is 1. The number of benzene rings is 1. The maximum absolute atomic E-state index is 14.0. The van der Waals surface area contributed by atoms with Crippen molar-refractivity contribution in [2.24, 2.45) is 0 Å². The van der Waals surface area contributed by atoms with Crippen LogP contribution in [0.3, 0.4) is 0 Å². The second kappa shape index (κ2) is 5.77. The molecule has 0 atom stereocenters. The molecule has 0 bridgehead atoms. The molecule has 0 radical (unpaired) electrons. The van der Waals surface area contributed by atoms with Crippen molar-refractivity contribution in [2.75, 3.05) is 0 Å². The molecule has 6 nitrogen and oxygen atoms in total. The SMILES string of the molecule is CCCc1ncc2n1-c1cc(F)ccc1-c1ncnc(C(=O)O)c1C2. The monoisotopic (exact) mass is 338 g/mol. The molecule has 4 rings (SSSR count). The smallest absolute Gasteiger partial charge is 0.354 e. The van der Waals surface area contributed by atoms with Gasteiger partial charge in [-0.2, -0.15) is 0 Å². The van der Waals surface area contributed by atoms with Crippen molar-refractivity contribution in [3.63, 3.8) is 0 Å². The fraction of sp³-hybridized carbons (Fsp3) is 0.222. The van der Waals surface area contributed by atoms with Crippen molar-refractivity contribution >= 4 is 5.97 Å². The van der Waals surface area contributed by atoms with Crippen LogP contribution in [0.5, 0.6) is 0 Å². The molecule has 3 heterocycles. The van der Waals surface area contributed by atoms with Crippen molar-refractivity contribution in [1.29, 1.82) is 0 Å². The zero-order valence-corrected chi connectivity index (χ0v) is 13.5. The van der Waals surface area contributed by atoms with Crippen LogP contribution in [0.4, 0.5) is 4.39 Å². The summed E-state index contributed by atoms with van der Waals surface area (Å²) in [5.41, 5.74) is 3.11. The fourth-order valence-electron chi connectivity index (χ4n) is 3.32. The van der Waals surface area contributed by atoms with Gasteiger partial charge in [-0.05, 0) is 24.6 Å². The molecule has 0 fully saturated rings. The summed E-state index contributed by atoms with van der Waals surface area (Å²) in [5.74, 6) is -0.650. The van der Waals surface area contributed by atoms with E-state index >= 15 is 0 Å². The molecule has 0 aliphatic carbocycles. The van der Waals surface area contributed by atoms with Crippen LogP contribution in [0.2, 0.25) is 0 Å². The number of aromatic carboxylic acids is 1. The molecule has 25 heavy (non-hydrogen) atoms. The molecule has 2 aromatic heterocycles. The first kappa shape index (κ1) is 15.4. The van der Waals surface area contributed by atoms with Crippen LogP contribution in [-0.4, -0.2) is 30.6 Å². The van der Waals surface area contributed by atoms with Gasteiger partial charge in [-0.15, -0.1) is 0 Å². The highest BCUT2D eigenvalue weighted by molar-refractivity contribution is 5.90.